The quantitative estimate of drug-likeness (QED) is 0.798. The predicted molar refractivity (Wildman–Crippen MR) is 87.4 cm³/mol. The Kier molecular flexibility index (Phi) is 4.34. The third kappa shape index (κ3) is 3.47. The number of rotatable bonds is 4. The Balaban J connectivity index is 1.82. The predicted octanol–water partition coefficient (Wildman–Crippen LogP) is 3.09. The highest BCUT2D eigenvalue weighted by Gasteiger charge is 2.12. The van der Waals surface area contributed by atoms with Crippen molar-refractivity contribution in [1.82, 2.24) is 10.1 Å². The number of amides is 1. The molecule has 0 aliphatic rings. The van der Waals surface area contributed by atoms with Gasteiger partial charge in [0.05, 0.1) is 18.1 Å². The number of nitriles is 1. The second kappa shape index (κ2) is 6.75. The van der Waals surface area contributed by atoms with E-state index in [1.807, 2.05) is 30.3 Å². The average molecular weight is 318 g/mol. The van der Waals surface area contributed by atoms with Crippen LogP contribution in [0.15, 0.2) is 53.1 Å². The monoisotopic (exact) mass is 318 g/mol. The summed E-state index contributed by atoms with van der Waals surface area (Å²) in [4.78, 5) is 16.6. The first-order chi connectivity index (χ1) is 11.7. The van der Waals surface area contributed by atoms with E-state index >= 15 is 0 Å². The minimum absolute atomic E-state index is 0.277. The van der Waals surface area contributed by atoms with Crippen molar-refractivity contribution in [2.75, 3.05) is 5.32 Å². The molecule has 0 spiro atoms. The van der Waals surface area contributed by atoms with Crippen LogP contribution in [0.2, 0.25) is 0 Å². The van der Waals surface area contributed by atoms with Gasteiger partial charge in [-0.15, -0.1) is 0 Å². The van der Waals surface area contributed by atoms with Crippen molar-refractivity contribution in [3.8, 4) is 6.07 Å². The molecule has 0 fully saturated rings. The lowest BCUT2D eigenvalue weighted by Crippen LogP contribution is -2.13. The van der Waals surface area contributed by atoms with Gasteiger partial charge in [-0.2, -0.15) is 10.2 Å². The van der Waals surface area contributed by atoms with E-state index in [1.54, 1.807) is 31.2 Å². The number of benzene rings is 2. The van der Waals surface area contributed by atoms with Gasteiger partial charge in [0.2, 0.25) is 5.89 Å². The SMILES string of the molecule is Cc1noc(Cc2ccccc2NC(=O)c2cccc(C#N)c2)n1. The molecule has 0 bridgehead atoms. The summed E-state index contributed by atoms with van der Waals surface area (Å²) in [5.41, 5.74) is 2.40. The van der Waals surface area contributed by atoms with Crippen LogP contribution in [0.1, 0.15) is 33.2 Å². The van der Waals surface area contributed by atoms with Crippen molar-refractivity contribution in [1.29, 1.82) is 5.26 Å². The molecule has 1 heterocycles. The van der Waals surface area contributed by atoms with Gasteiger partial charge < -0.3 is 9.84 Å². The smallest absolute Gasteiger partial charge is 0.255 e. The molecule has 2 aromatic carbocycles. The molecule has 0 unspecified atom stereocenters. The number of aromatic nitrogens is 2. The van der Waals surface area contributed by atoms with Gasteiger partial charge in [0, 0.05) is 11.3 Å². The molecule has 0 saturated heterocycles. The lowest BCUT2D eigenvalue weighted by molar-refractivity contribution is 0.102. The fraction of sp³-hybridized carbons (Fsp3) is 0.111. The summed E-state index contributed by atoms with van der Waals surface area (Å²) < 4.78 is 5.13. The molecule has 3 rings (SSSR count). The standard InChI is InChI=1S/C18H14N4O2/c1-12-20-17(24-22-12)10-14-6-2-3-8-16(14)21-18(23)15-7-4-5-13(9-15)11-19/h2-9H,10H2,1H3,(H,21,23). The van der Waals surface area contributed by atoms with Crippen molar-refractivity contribution in [3.63, 3.8) is 0 Å². The van der Waals surface area contributed by atoms with Crippen molar-refractivity contribution >= 4 is 11.6 Å². The van der Waals surface area contributed by atoms with Crippen LogP contribution in [0.4, 0.5) is 5.69 Å². The van der Waals surface area contributed by atoms with Crippen LogP contribution < -0.4 is 5.32 Å². The first-order valence-corrected chi connectivity index (χ1v) is 7.34. The molecule has 0 atom stereocenters. The van der Waals surface area contributed by atoms with Crippen LogP contribution in [0.3, 0.4) is 0 Å². The van der Waals surface area contributed by atoms with Gasteiger partial charge in [0.1, 0.15) is 0 Å². The Morgan fingerprint density at radius 2 is 2.08 bits per heavy atom. The maximum atomic E-state index is 12.4. The molecule has 118 valence electrons. The van der Waals surface area contributed by atoms with E-state index in [0.29, 0.717) is 35.0 Å². The largest absolute Gasteiger partial charge is 0.339 e. The summed E-state index contributed by atoms with van der Waals surface area (Å²) in [7, 11) is 0. The summed E-state index contributed by atoms with van der Waals surface area (Å²) in [6.07, 6.45) is 0.426. The number of anilines is 1. The third-order valence-corrected chi connectivity index (χ3v) is 3.43. The molecular weight excluding hydrogens is 304 g/mol. The molecule has 1 amide bonds. The highest BCUT2D eigenvalue weighted by atomic mass is 16.5. The van der Waals surface area contributed by atoms with Crippen molar-refractivity contribution in [2.24, 2.45) is 0 Å². The molecule has 1 N–H and O–H groups in total. The van der Waals surface area contributed by atoms with Crippen LogP contribution in [0, 0.1) is 18.3 Å². The van der Waals surface area contributed by atoms with Crippen molar-refractivity contribution < 1.29 is 9.32 Å². The molecule has 0 aliphatic heterocycles. The number of para-hydroxylation sites is 1. The summed E-state index contributed by atoms with van der Waals surface area (Å²) in [5.74, 6) is 0.779. The van der Waals surface area contributed by atoms with Gasteiger partial charge in [0.15, 0.2) is 5.82 Å². The molecule has 6 heteroatoms. The van der Waals surface area contributed by atoms with E-state index in [-0.39, 0.29) is 5.91 Å². The number of nitrogens with zero attached hydrogens (tertiary/aromatic N) is 3. The lowest BCUT2D eigenvalue weighted by Gasteiger charge is -2.10. The van der Waals surface area contributed by atoms with Crippen LogP contribution in [0.5, 0.6) is 0 Å². The van der Waals surface area contributed by atoms with Crippen molar-refractivity contribution in [2.45, 2.75) is 13.3 Å². The van der Waals surface area contributed by atoms with Crippen LogP contribution in [-0.4, -0.2) is 16.0 Å². The van der Waals surface area contributed by atoms with E-state index in [9.17, 15) is 4.79 Å². The van der Waals surface area contributed by atoms with E-state index in [1.165, 1.54) is 0 Å². The average Bonchev–Trinajstić information content (AvgIpc) is 3.01. The van der Waals surface area contributed by atoms with Gasteiger partial charge in [-0.1, -0.05) is 29.4 Å². The third-order valence-electron chi connectivity index (χ3n) is 3.43. The maximum Gasteiger partial charge on any atom is 0.255 e. The zero-order valence-electron chi connectivity index (χ0n) is 13.0. The van der Waals surface area contributed by atoms with Gasteiger partial charge in [-0.3, -0.25) is 4.79 Å². The van der Waals surface area contributed by atoms with Gasteiger partial charge in [-0.25, -0.2) is 0 Å². The Hall–Kier alpha value is -3.46. The zero-order chi connectivity index (χ0) is 16.9. The summed E-state index contributed by atoms with van der Waals surface area (Å²) in [6, 6.07) is 16.0. The van der Waals surface area contributed by atoms with Crippen molar-refractivity contribution in [3.05, 3.63) is 76.9 Å². The second-order valence-electron chi connectivity index (χ2n) is 5.22. The number of aryl methyl sites for hydroxylation is 1. The highest BCUT2D eigenvalue weighted by Crippen LogP contribution is 2.19. The molecule has 1 aromatic heterocycles. The highest BCUT2D eigenvalue weighted by molar-refractivity contribution is 6.04. The molecule has 6 nitrogen and oxygen atoms in total. The van der Waals surface area contributed by atoms with Gasteiger partial charge in [-0.05, 0) is 36.8 Å². The number of nitrogens with one attached hydrogen (secondary N) is 1. The second-order valence-corrected chi connectivity index (χ2v) is 5.22. The van der Waals surface area contributed by atoms with E-state index in [4.69, 9.17) is 9.78 Å². The first-order valence-electron chi connectivity index (χ1n) is 7.34. The lowest BCUT2D eigenvalue weighted by atomic mass is 10.1. The van der Waals surface area contributed by atoms with E-state index < -0.39 is 0 Å². The molecule has 0 radical (unpaired) electrons. The molecule has 0 aliphatic carbocycles. The summed E-state index contributed by atoms with van der Waals surface area (Å²) in [6.45, 7) is 1.75. The normalized spacial score (nSPS) is 10.2. The van der Waals surface area contributed by atoms with Crippen LogP contribution in [-0.2, 0) is 6.42 Å². The molecule has 24 heavy (non-hydrogen) atoms. The fourth-order valence-electron chi connectivity index (χ4n) is 2.30. The molecular formula is C18H14N4O2. The Labute approximate surface area is 138 Å². The minimum atomic E-state index is -0.277. The number of hydrogen-bond donors (Lipinski definition) is 1. The van der Waals surface area contributed by atoms with E-state index in [0.717, 1.165) is 5.56 Å². The Morgan fingerprint density at radius 1 is 1.25 bits per heavy atom. The number of hydrogen-bond acceptors (Lipinski definition) is 5. The van der Waals surface area contributed by atoms with Gasteiger partial charge >= 0.3 is 0 Å². The van der Waals surface area contributed by atoms with Crippen LogP contribution >= 0.6 is 0 Å². The summed E-state index contributed by atoms with van der Waals surface area (Å²) >= 11 is 0. The topological polar surface area (TPSA) is 91.8 Å². The number of carbonyl (C=O) groups excluding carboxylic acids is 1. The summed E-state index contributed by atoms with van der Waals surface area (Å²) in [5, 5.41) is 15.6. The van der Waals surface area contributed by atoms with E-state index in [2.05, 4.69) is 15.5 Å². The molecule has 0 saturated carbocycles. The number of carbonyl (C=O) groups is 1. The Morgan fingerprint density at radius 3 is 2.83 bits per heavy atom. The van der Waals surface area contributed by atoms with Crippen LogP contribution in [0.25, 0.3) is 0 Å². The zero-order valence-corrected chi connectivity index (χ0v) is 13.0. The van der Waals surface area contributed by atoms with Gasteiger partial charge in [0.25, 0.3) is 5.91 Å². The fourth-order valence-corrected chi connectivity index (χ4v) is 2.30. The molecule has 3 aromatic rings. The minimum Gasteiger partial charge on any atom is -0.339 e. The maximum absolute atomic E-state index is 12.4. The Bertz CT molecular complexity index is 925. The first kappa shape index (κ1) is 15.4.